The van der Waals surface area contributed by atoms with Crippen molar-refractivity contribution in [3.8, 4) is 0 Å². The van der Waals surface area contributed by atoms with Crippen LogP contribution < -0.4 is 0 Å². The van der Waals surface area contributed by atoms with E-state index in [-0.39, 0.29) is 5.78 Å². The Labute approximate surface area is 124 Å². The molecule has 1 aliphatic carbocycles. The minimum atomic E-state index is -1.60. The van der Waals surface area contributed by atoms with Gasteiger partial charge in [-0.25, -0.2) is 4.79 Å². The van der Waals surface area contributed by atoms with Gasteiger partial charge in [0.1, 0.15) is 5.60 Å². The van der Waals surface area contributed by atoms with Crippen LogP contribution in [0.25, 0.3) is 0 Å². The molecule has 3 nitrogen and oxygen atoms in total. The fourth-order valence-corrected chi connectivity index (χ4v) is 2.64. The van der Waals surface area contributed by atoms with Crippen molar-refractivity contribution >= 4 is 23.4 Å². The zero-order chi connectivity index (χ0) is 15.0. The van der Waals surface area contributed by atoms with Crippen molar-refractivity contribution in [3.63, 3.8) is 0 Å². The largest absolute Gasteiger partial charge is 0.458 e. The fraction of sp³-hybridized carbons (Fsp3) is 0.500. The predicted octanol–water partition coefficient (Wildman–Crippen LogP) is 3.52. The molecule has 2 rings (SSSR count). The molecule has 1 aromatic rings. The molecule has 1 aliphatic rings. The molecular weight excluding hydrogens is 276 g/mol. The van der Waals surface area contributed by atoms with Gasteiger partial charge in [0, 0.05) is 5.56 Å². The molecule has 1 aromatic carbocycles. The van der Waals surface area contributed by atoms with Crippen LogP contribution in [0.1, 0.15) is 49.5 Å². The second-order valence-corrected chi connectivity index (χ2v) is 6.79. The third kappa shape index (κ3) is 2.88. The second-order valence-electron chi connectivity index (χ2n) is 6.14. The van der Waals surface area contributed by atoms with E-state index < -0.39 is 16.4 Å². The summed E-state index contributed by atoms with van der Waals surface area (Å²) in [7, 11) is 0. The Morgan fingerprint density at radius 1 is 1.30 bits per heavy atom. The summed E-state index contributed by atoms with van der Waals surface area (Å²) >= 11 is 6.39. The molecule has 20 heavy (non-hydrogen) atoms. The lowest BCUT2D eigenvalue weighted by molar-refractivity contribution is -0.156. The van der Waals surface area contributed by atoms with Gasteiger partial charge in [0.05, 0.1) is 0 Å². The number of rotatable bonds is 1. The van der Waals surface area contributed by atoms with Crippen LogP contribution in [0.5, 0.6) is 0 Å². The summed E-state index contributed by atoms with van der Waals surface area (Å²) in [6, 6.07) is 7.31. The molecule has 0 heterocycles. The lowest BCUT2D eigenvalue weighted by atomic mass is 9.94. The number of carbonyl (C=O) groups is 2. The SMILES string of the molecule is CC(C)(C)OC(=O)[C@]1(Cl)CCCc2ccccc2C1=O. The summed E-state index contributed by atoms with van der Waals surface area (Å²) < 4.78 is 5.33. The van der Waals surface area contributed by atoms with Gasteiger partial charge >= 0.3 is 5.97 Å². The number of benzene rings is 1. The van der Waals surface area contributed by atoms with Gasteiger partial charge in [0.25, 0.3) is 0 Å². The first-order valence-electron chi connectivity index (χ1n) is 6.79. The van der Waals surface area contributed by atoms with Crippen molar-refractivity contribution in [1.82, 2.24) is 0 Å². The Balaban J connectivity index is 2.37. The first kappa shape index (κ1) is 15.0. The molecule has 0 fully saturated rings. The van der Waals surface area contributed by atoms with E-state index in [1.54, 1.807) is 32.9 Å². The van der Waals surface area contributed by atoms with Gasteiger partial charge in [0.15, 0.2) is 5.78 Å². The number of aryl methyl sites for hydroxylation is 1. The molecule has 0 N–H and O–H groups in total. The summed E-state index contributed by atoms with van der Waals surface area (Å²) in [5, 5.41) is 0. The molecule has 0 unspecified atom stereocenters. The molecule has 108 valence electrons. The van der Waals surface area contributed by atoms with E-state index in [1.807, 2.05) is 12.1 Å². The maximum Gasteiger partial charge on any atom is 0.335 e. The van der Waals surface area contributed by atoms with Crippen LogP contribution in [-0.4, -0.2) is 22.2 Å². The van der Waals surface area contributed by atoms with Crippen LogP contribution in [0.4, 0.5) is 0 Å². The molecule has 0 aromatic heterocycles. The average molecular weight is 295 g/mol. The quantitative estimate of drug-likeness (QED) is 0.344. The number of ketones is 1. The Morgan fingerprint density at radius 3 is 2.60 bits per heavy atom. The minimum absolute atomic E-state index is 0.303. The number of fused-ring (bicyclic) bond motifs is 1. The highest BCUT2D eigenvalue weighted by Gasteiger charge is 2.48. The number of alkyl halides is 1. The normalized spacial score (nSPS) is 22.9. The van der Waals surface area contributed by atoms with Gasteiger partial charge in [-0.2, -0.15) is 0 Å². The lowest BCUT2D eigenvalue weighted by Gasteiger charge is -2.27. The Bertz CT molecular complexity index is 545. The highest BCUT2D eigenvalue weighted by molar-refractivity contribution is 6.48. The van der Waals surface area contributed by atoms with E-state index in [0.29, 0.717) is 18.4 Å². The molecule has 0 bridgehead atoms. The number of hydrogen-bond donors (Lipinski definition) is 0. The van der Waals surface area contributed by atoms with Crippen molar-refractivity contribution in [2.75, 3.05) is 0 Å². The van der Waals surface area contributed by atoms with Crippen molar-refractivity contribution < 1.29 is 14.3 Å². The number of hydrogen-bond acceptors (Lipinski definition) is 3. The van der Waals surface area contributed by atoms with Crippen LogP contribution in [0, 0.1) is 0 Å². The number of esters is 1. The monoisotopic (exact) mass is 294 g/mol. The molecule has 0 amide bonds. The summed E-state index contributed by atoms with van der Waals surface area (Å²) in [6.45, 7) is 5.29. The molecule has 0 aliphatic heterocycles. The van der Waals surface area contributed by atoms with Gasteiger partial charge in [-0.15, -0.1) is 0 Å². The van der Waals surface area contributed by atoms with E-state index in [4.69, 9.17) is 16.3 Å². The van der Waals surface area contributed by atoms with Crippen LogP contribution in [0.3, 0.4) is 0 Å². The number of Topliss-reactive ketones (excluding diaryl/α,β-unsaturated/α-hetero) is 1. The molecule has 0 spiro atoms. The van der Waals surface area contributed by atoms with Crippen LogP contribution in [0.2, 0.25) is 0 Å². The summed E-state index contributed by atoms with van der Waals surface area (Å²) in [5.41, 5.74) is 0.819. The van der Waals surface area contributed by atoms with E-state index in [0.717, 1.165) is 12.0 Å². The van der Waals surface area contributed by atoms with E-state index in [2.05, 4.69) is 0 Å². The van der Waals surface area contributed by atoms with Crippen molar-refractivity contribution in [2.45, 2.75) is 50.5 Å². The summed E-state index contributed by atoms with van der Waals surface area (Å²) in [5.74, 6) is -0.991. The third-order valence-corrected chi connectivity index (χ3v) is 3.83. The second kappa shape index (κ2) is 5.21. The Kier molecular flexibility index (Phi) is 3.92. The topological polar surface area (TPSA) is 43.4 Å². The maximum atomic E-state index is 12.7. The number of halogens is 1. The van der Waals surface area contributed by atoms with Gasteiger partial charge in [0.2, 0.25) is 4.87 Å². The van der Waals surface area contributed by atoms with Crippen molar-refractivity contribution in [1.29, 1.82) is 0 Å². The third-order valence-electron chi connectivity index (χ3n) is 3.31. The Hall–Kier alpha value is -1.35. The summed E-state index contributed by atoms with van der Waals surface area (Å²) in [4.78, 5) is 23.4. The van der Waals surface area contributed by atoms with E-state index in [1.165, 1.54) is 0 Å². The number of carbonyl (C=O) groups excluding carboxylic acids is 2. The van der Waals surface area contributed by atoms with Gasteiger partial charge in [-0.1, -0.05) is 35.9 Å². The highest BCUT2D eigenvalue weighted by Crippen LogP contribution is 2.34. The molecule has 0 saturated heterocycles. The lowest BCUT2D eigenvalue weighted by Crippen LogP contribution is -2.45. The Morgan fingerprint density at radius 2 is 1.95 bits per heavy atom. The van der Waals surface area contributed by atoms with Crippen molar-refractivity contribution in [2.24, 2.45) is 0 Å². The van der Waals surface area contributed by atoms with Crippen LogP contribution in [-0.2, 0) is 16.0 Å². The summed E-state index contributed by atoms with van der Waals surface area (Å²) in [6.07, 6.45) is 1.74. The standard InChI is InChI=1S/C16H19ClO3/c1-15(2,3)20-14(19)16(17)10-6-8-11-7-4-5-9-12(11)13(16)18/h4-5,7,9H,6,8,10H2,1-3H3/t16-/m0/s1. The predicted molar refractivity (Wildman–Crippen MR) is 78.1 cm³/mol. The van der Waals surface area contributed by atoms with Gasteiger partial charge < -0.3 is 4.74 Å². The molecule has 1 atom stereocenters. The van der Waals surface area contributed by atoms with E-state index >= 15 is 0 Å². The highest BCUT2D eigenvalue weighted by atomic mass is 35.5. The van der Waals surface area contributed by atoms with Crippen molar-refractivity contribution in [3.05, 3.63) is 35.4 Å². The number of ether oxygens (including phenoxy) is 1. The maximum absolute atomic E-state index is 12.7. The van der Waals surface area contributed by atoms with Gasteiger partial charge in [-0.05, 0) is 45.6 Å². The first-order chi connectivity index (χ1) is 9.24. The molecule has 0 saturated carbocycles. The molecule has 0 radical (unpaired) electrons. The molecular formula is C16H19ClO3. The minimum Gasteiger partial charge on any atom is -0.458 e. The van der Waals surface area contributed by atoms with E-state index in [9.17, 15) is 9.59 Å². The molecule has 4 heteroatoms. The first-order valence-corrected chi connectivity index (χ1v) is 7.17. The fourth-order valence-electron chi connectivity index (χ4n) is 2.36. The zero-order valence-corrected chi connectivity index (χ0v) is 12.8. The van der Waals surface area contributed by atoms with Gasteiger partial charge in [-0.3, -0.25) is 4.79 Å². The van der Waals surface area contributed by atoms with Crippen LogP contribution >= 0.6 is 11.6 Å². The zero-order valence-electron chi connectivity index (χ0n) is 12.0. The van der Waals surface area contributed by atoms with Crippen LogP contribution in [0.15, 0.2) is 24.3 Å². The average Bonchev–Trinajstić information content (AvgIpc) is 2.47. The smallest absolute Gasteiger partial charge is 0.335 e.